The van der Waals surface area contributed by atoms with Gasteiger partial charge in [0, 0.05) is 37.7 Å². The van der Waals surface area contributed by atoms with Crippen LogP contribution in [0.5, 0.6) is 0 Å². The van der Waals surface area contributed by atoms with E-state index < -0.39 is 0 Å². The van der Waals surface area contributed by atoms with Crippen LogP contribution in [0.2, 0.25) is 0 Å². The Balaban J connectivity index is 1.79. The number of aliphatic hydroxyl groups excluding tert-OH is 1. The number of aliphatic hydroxyl groups is 1. The van der Waals surface area contributed by atoms with E-state index in [1.807, 2.05) is 0 Å². The van der Waals surface area contributed by atoms with Gasteiger partial charge in [0.05, 0.1) is 6.10 Å². The van der Waals surface area contributed by atoms with E-state index in [2.05, 4.69) is 22.1 Å². The Labute approximate surface area is 128 Å². The molecule has 3 heterocycles. The lowest BCUT2D eigenvalue weighted by Crippen LogP contribution is -2.59. The Morgan fingerprint density at radius 2 is 2.23 bits per heavy atom. The molecular formula is C15H22N4O3. The first-order valence-corrected chi connectivity index (χ1v) is 7.72. The maximum absolute atomic E-state index is 12.6. The summed E-state index contributed by atoms with van der Waals surface area (Å²) >= 11 is 0. The second kappa shape index (κ2) is 5.81. The van der Waals surface area contributed by atoms with Gasteiger partial charge in [-0.3, -0.25) is 9.59 Å². The molecule has 2 fully saturated rings. The molecule has 0 aliphatic carbocycles. The van der Waals surface area contributed by atoms with Crippen molar-refractivity contribution in [2.24, 2.45) is 5.41 Å². The van der Waals surface area contributed by atoms with Crippen molar-refractivity contribution in [2.45, 2.75) is 25.4 Å². The van der Waals surface area contributed by atoms with Gasteiger partial charge < -0.3 is 14.9 Å². The third-order valence-electron chi connectivity index (χ3n) is 4.87. The summed E-state index contributed by atoms with van der Waals surface area (Å²) in [6.07, 6.45) is 2.18. The van der Waals surface area contributed by atoms with Gasteiger partial charge >= 0.3 is 0 Å². The molecule has 2 aliphatic heterocycles. The minimum atomic E-state index is -0.372. The molecule has 1 aromatic rings. The van der Waals surface area contributed by atoms with Crippen molar-refractivity contribution < 1.29 is 9.90 Å². The van der Waals surface area contributed by atoms with Gasteiger partial charge in [0.1, 0.15) is 5.69 Å². The zero-order chi connectivity index (χ0) is 15.7. The van der Waals surface area contributed by atoms with Gasteiger partial charge in [-0.2, -0.15) is 5.10 Å². The summed E-state index contributed by atoms with van der Waals surface area (Å²) in [5.74, 6) is -0.184. The number of piperidine rings is 2. The third-order valence-corrected chi connectivity index (χ3v) is 4.87. The molecule has 0 aromatic carbocycles. The van der Waals surface area contributed by atoms with Gasteiger partial charge in [-0.1, -0.05) is 0 Å². The molecule has 0 bridgehead atoms. The van der Waals surface area contributed by atoms with E-state index in [1.54, 1.807) is 4.90 Å². The first kappa shape index (κ1) is 15.2. The lowest BCUT2D eigenvalue weighted by molar-refractivity contribution is -0.0731. The van der Waals surface area contributed by atoms with Crippen LogP contribution in [0.1, 0.15) is 29.8 Å². The van der Waals surface area contributed by atoms with Crippen molar-refractivity contribution in [3.8, 4) is 0 Å². The van der Waals surface area contributed by atoms with Gasteiger partial charge in [-0.15, -0.1) is 0 Å². The fourth-order valence-corrected chi connectivity index (χ4v) is 3.73. The topological polar surface area (TPSA) is 89.5 Å². The highest BCUT2D eigenvalue weighted by Crippen LogP contribution is 2.38. The summed E-state index contributed by atoms with van der Waals surface area (Å²) in [6.45, 7) is 2.89. The standard InChI is InChI=1S/C15H22N4O3/c1-18-8-5-12(20)15(9-18)6-2-7-19(10-15)14(22)11-3-4-13(21)17-16-11/h3-4,12,20H,2,5-10H2,1H3,(H,17,21)/t12-,15-/m0/s1. The van der Waals surface area contributed by atoms with Crippen LogP contribution in [0.3, 0.4) is 0 Å². The van der Waals surface area contributed by atoms with E-state index in [0.717, 1.165) is 32.4 Å². The van der Waals surface area contributed by atoms with Gasteiger partial charge in [-0.05, 0) is 32.4 Å². The number of H-pyrrole nitrogens is 1. The second-order valence-electron chi connectivity index (χ2n) is 6.54. The molecule has 2 aliphatic rings. The molecule has 3 rings (SSSR count). The number of rotatable bonds is 1. The monoisotopic (exact) mass is 306 g/mol. The minimum Gasteiger partial charge on any atom is -0.392 e. The number of likely N-dealkylation sites (tertiary alicyclic amines) is 2. The largest absolute Gasteiger partial charge is 0.392 e. The predicted octanol–water partition coefficient (Wildman–Crippen LogP) is -0.311. The Kier molecular flexibility index (Phi) is 4.01. The number of hydrogen-bond acceptors (Lipinski definition) is 5. The van der Waals surface area contributed by atoms with E-state index in [1.165, 1.54) is 12.1 Å². The maximum atomic E-state index is 12.6. The molecule has 7 heteroatoms. The number of nitrogens with one attached hydrogen (secondary N) is 1. The average molecular weight is 306 g/mol. The van der Waals surface area contributed by atoms with Crippen LogP contribution >= 0.6 is 0 Å². The van der Waals surface area contributed by atoms with Crippen molar-refractivity contribution in [1.82, 2.24) is 20.0 Å². The molecule has 0 radical (unpaired) electrons. The molecule has 0 unspecified atom stereocenters. The number of carbonyl (C=O) groups excluding carboxylic acids is 1. The van der Waals surface area contributed by atoms with Crippen LogP contribution < -0.4 is 5.56 Å². The Morgan fingerprint density at radius 3 is 2.95 bits per heavy atom. The first-order valence-electron chi connectivity index (χ1n) is 7.72. The second-order valence-corrected chi connectivity index (χ2v) is 6.54. The van der Waals surface area contributed by atoms with E-state index in [0.29, 0.717) is 13.1 Å². The lowest BCUT2D eigenvalue weighted by Gasteiger charge is -2.50. The molecule has 1 amide bonds. The zero-order valence-corrected chi connectivity index (χ0v) is 12.8. The van der Waals surface area contributed by atoms with Gasteiger partial charge in [0.15, 0.2) is 0 Å². The number of aromatic amines is 1. The molecule has 7 nitrogen and oxygen atoms in total. The molecule has 120 valence electrons. The summed E-state index contributed by atoms with van der Waals surface area (Å²) in [4.78, 5) is 27.6. The van der Waals surface area contributed by atoms with Crippen LogP contribution in [0, 0.1) is 5.41 Å². The summed E-state index contributed by atoms with van der Waals surface area (Å²) in [7, 11) is 2.05. The quantitative estimate of drug-likeness (QED) is 0.743. The number of aromatic nitrogens is 2. The summed E-state index contributed by atoms with van der Waals surface area (Å²) in [5, 5.41) is 16.6. The highest BCUT2D eigenvalue weighted by molar-refractivity contribution is 5.92. The molecule has 2 atom stereocenters. The minimum absolute atomic E-state index is 0.184. The van der Waals surface area contributed by atoms with Crippen LogP contribution in [-0.2, 0) is 0 Å². The fourth-order valence-electron chi connectivity index (χ4n) is 3.73. The molecule has 0 saturated carbocycles. The number of nitrogens with zero attached hydrogens (tertiary/aromatic N) is 3. The van der Waals surface area contributed by atoms with E-state index in [9.17, 15) is 14.7 Å². The SMILES string of the molecule is CN1CC[C@H](O)[C@@]2(CCCN(C(=O)c3ccc(=O)[nH]n3)C2)C1. The molecule has 1 aromatic heterocycles. The molecule has 1 spiro atoms. The van der Waals surface area contributed by atoms with E-state index >= 15 is 0 Å². The predicted molar refractivity (Wildman–Crippen MR) is 80.5 cm³/mol. The number of amides is 1. The van der Waals surface area contributed by atoms with Gasteiger partial charge in [0.25, 0.3) is 11.5 Å². The molecule has 2 saturated heterocycles. The van der Waals surface area contributed by atoms with Crippen molar-refractivity contribution in [3.05, 3.63) is 28.2 Å². The van der Waals surface area contributed by atoms with E-state index in [-0.39, 0.29) is 28.7 Å². The van der Waals surface area contributed by atoms with Crippen molar-refractivity contribution in [3.63, 3.8) is 0 Å². The van der Waals surface area contributed by atoms with Crippen molar-refractivity contribution in [2.75, 3.05) is 33.2 Å². The fraction of sp³-hybridized carbons (Fsp3) is 0.667. The highest BCUT2D eigenvalue weighted by atomic mass is 16.3. The summed E-state index contributed by atoms with van der Waals surface area (Å²) in [6, 6.07) is 2.76. The van der Waals surface area contributed by atoms with Crippen molar-refractivity contribution >= 4 is 5.91 Å². The molecule has 22 heavy (non-hydrogen) atoms. The number of carbonyl (C=O) groups is 1. The third kappa shape index (κ3) is 2.78. The van der Waals surface area contributed by atoms with Crippen LogP contribution in [0.25, 0.3) is 0 Å². The van der Waals surface area contributed by atoms with Crippen LogP contribution in [-0.4, -0.2) is 70.3 Å². The van der Waals surface area contributed by atoms with Crippen LogP contribution in [0.4, 0.5) is 0 Å². The van der Waals surface area contributed by atoms with Crippen molar-refractivity contribution in [1.29, 1.82) is 0 Å². The molecular weight excluding hydrogens is 284 g/mol. The normalized spacial score (nSPS) is 29.7. The Morgan fingerprint density at radius 1 is 1.41 bits per heavy atom. The Bertz CT molecular complexity index is 597. The maximum Gasteiger partial charge on any atom is 0.274 e. The van der Waals surface area contributed by atoms with Gasteiger partial charge in [0.2, 0.25) is 0 Å². The van der Waals surface area contributed by atoms with E-state index in [4.69, 9.17) is 0 Å². The number of hydrogen-bond donors (Lipinski definition) is 2. The lowest BCUT2D eigenvalue weighted by atomic mass is 9.71. The highest BCUT2D eigenvalue weighted by Gasteiger charge is 2.45. The first-order chi connectivity index (χ1) is 10.5. The summed E-state index contributed by atoms with van der Waals surface area (Å²) in [5.41, 5.74) is -0.324. The van der Waals surface area contributed by atoms with Gasteiger partial charge in [-0.25, -0.2) is 5.10 Å². The van der Waals surface area contributed by atoms with Crippen LogP contribution in [0.15, 0.2) is 16.9 Å². The smallest absolute Gasteiger partial charge is 0.274 e. The summed E-state index contributed by atoms with van der Waals surface area (Å²) < 4.78 is 0. The molecule has 2 N–H and O–H groups in total. The average Bonchev–Trinajstić information content (AvgIpc) is 2.52. The Hall–Kier alpha value is -1.73. The zero-order valence-electron chi connectivity index (χ0n) is 12.8.